The van der Waals surface area contributed by atoms with Crippen LogP contribution in [0.4, 0.5) is 5.69 Å². The first kappa shape index (κ1) is 18.0. The normalized spacial score (nSPS) is 15.0. The molecule has 0 atom stereocenters. The summed E-state index contributed by atoms with van der Waals surface area (Å²) in [6.45, 7) is 5.21. The zero-order valence-corrected chi connectivity index (χ0v) is 14.2. The summed E-state index contributed by atoms with van der Waals surface area (Å²) in [7, 11) is 0. The molecule has 6 nitrogen and oxygen atoms in total. The SMILES string of the molecule is CCOC(=O)C1CCN(C(=O)C(=O)N(CC)c2ccccc2)CC1. The smallest absolute Gasteiger partial charge is 0.316 e. The molecular formula is C18H24N2O4. The monoisotopic (exact) mass is 332 g/mol. The number of para-hydroxylation sites is 1. The van der Waals surface area contributed by atoms with Gasteiger partial charge in [0.25, 0.3) is 0 Å². The van der Waals surface area contributed by atoms with Crippen LogP contribution in [0.1, 0.15) is 26.7 Å². The fourth-order valence-corrected chi connectivity index (χ4v) is 2.88. The lowest BCUT2D eigenvalue weighted by molar-refractivity contribution is -0.152. The van der Waals surface area contributed by atoms with E-state index in [-0.39, 0.29) is 11.9 Å². The second kappa shape index (κ2) is 8.47. The maximum atomic E-state index is 12.5. The molecule has 1 aliphatic rings. The molecule has 1 heterocycles. The number of piperidine rings is 1. The molecule has 130 valence electrons. The average Bonchev–Trinajstić information content (AvgIpc) is 2.63. The molecular weight excluding hydrogens is 308 g/mol. The van der Waals surface area contributed by atoms with Crippen molar-refractivity contribution in [2.24, 2.45) is 5.92 Å². The van der Waals surface area contributed by atoms with Crippen LogP contribution in [0.5, 0.6) is 0 Å². The molecule has 1 aromatic rings. The van der Waals surface area contributed by atoms with Crippen LogP contribution in [-0.2, 0) is 19.1 Å². The van der Waals surface area contributed by atoms with Gasteiger partial charge in [-0.1, -0.05) is 18.2 Å². The van der Waals surface area contributed by atoms with E-state index in [1.54, 1.807) is 6.92 Å². The van der Waals surface area contributed by atoms with E-state index in [1.807, 2.05) is 37.3 Å². The molecule has 24 heavy (non-hydrogen) atoms. The number of ether oxygens (including phenoxy) is 1. The van der Waals surface area contributed by atoms with Gasteiger partial charge in [-0.25, -0.2) is 0 Å². The summed E-state index contributed by atoms with van der Waals surface area (Å²) >= 11 is 0. The summed E-state index contributed by atoms with van der Waals surface area (Å²) < 4.78 is 5.02. The molecule has 2 amide bonds. The number of likely N-dealkylation sites (tertiary alicyclic amines) is 1. The number of hydrogen-bond donors (Lipinski definition) is 0. The number of benzene rings is 1. The molecule has 0 radical (unpaired) electrons. The molecule has 0 spiro atoms. The molecule has 0 aromatic heterocycles. The Bertz CT molecular complexity index is 580. The van der Waals surface area contributed by atoms with Gasteiger partial charge in [-0.2, -0.15) is 0 Å². The number of carbonyl (C=O) groups is 3. The fraction of sp³-hybridized carbons (Fsp3) is 0.500. The summed E-state index contributed by atoms with van der Waals surface area (Å²) in [5.74, 6) is -1.43. The van der Waals surface area contributed by atoms with Crippen LogP contribution in [0, 0.1) is 5.92 Å². The molecule has 0 saturated carbocycles. The minimum atomic E-state index is -0.529. The van der Waals surface area contributed by atoms with Gasteiger partial charge in [0.2, 0.25) is 0 Å². The molecule has 0 N–H and O–H groups in total. The molecule has 0 bridgehead atoms. The molecule has 1 saturated heterocycles. The molecule has 2 rings (SSSR count). The average molecular weight is 332 g/mol. The van der Waals surface area contributed by atoms with Crippen LogP contribution in [0.25, 0.3) is 0 Å². The van der Waals surface area contributed by atoms with E-state index in [2.05, 4.69) is 0 Å². The van der Waals surface area contributed by atoms with Crippen molar-refractivity contribution in [2.45, 2.75) is 26.7 Å². The largest absolute Gasteiger partial charge is 0.466 e. The summed E-state index contributed by atoms with van der Waals surface area (Å²) in [4.78, 5) is 39.8. The lowest BCUT2D eigenvalue weighted by atomic mass is 9.97. The number of rotatable bonds is 4. The van der Waals surface area contributed by atoms with Crippen LogP contribution in [0.3, 0.4) is 0 Å². The highest BCUT2D eigenvalue weighted by molar-refractivity contribution is 6.40. The third kappa shape index (κ3) is 4.13. The topological polar surface area (TPSA) is 66.9 Å². The third-order valence-electron chi connectivity index (χ3n) is 4.21. The predicted octanol–water partition coefficient (Wildman–Crippen LogP) is 1.84. The Morgan fingerprint density at radius 3 is 2.29 bits per heavy atom. The molecule has 0 unspecified atom stereocenters. The maximum Gasteiger partial charge on any atom is 0.316 e. The van der Waals surface area contributed by atoms with Gasteiger partial charge in [-0.05, 0) is 38.8 Å². The van der Waals surface area contributed by atoms with Gasteiger partial charge in [0.1, 0.15) is 0 Å². The number of amides is 2. The summed E-state index contributed by atoms with van der Waals surface area (Å²) in [6.07, 6.45) is 1.07. The van der Waals surface area contributed by atoms with Crippen LogP contribution < -0.4 is 4.90 Å². The Morgan fingerprint density at radius 1 is 1.12 bits per heavy atom. The van der Waals surface area contributed by atoms with Crippen molar-refractivity contribution < 1.29 is 19.1 Å². The second-order valence-corrected chi connectivity index (χ2v) is 5.70. The van der Waals surface area contributed by atoms with Gasteiger partial charge >= 0.3 is 17.8 Å². The molecule has 1 fully saturated rings. The first-order valence-corrected chi connectivity index (χ1v) is 8.40. The molecule has 1 aromatic carbocycles. The Balaban J connectivity index is 1.97. The van der Waals surface area contributed by atoms with Crippen molar-refractivity contribution in [2.75, 3.05) is 31.1 Å². The van der Waals surface area contributed by atoms with Gasteiger partial charge in [0.05, 0.1) is 12.5 Å². The number of likely N-dealkylation sites (N-methyl/N-ethyl adjacent to an activating group) is 1. The maximum absolute atomic E-state index is 12.5. The first-order valence-electron chi connectivity index (χ1n) is 8.40. The fourth-order valence-electron chi connectivity index (χ4n) is 2.88. The van der Waals surface area contributed by atoms with Crippen molar-refractivity contribution in [3.8, 4) is 0 Å². The van der Waals surface area contributed by atoms with Gasteiger partial charge < -0.3 is 14.5 Å². The molecule has 6 heteroatoms. The van der Waals surface area contributed by atoms with E-state index < -0.39 is 11.8 Å². The Hall–Kier alpha value is -2.37. The zero-order chi connectivity index (χ0) is 17.5. The minimum absolute atomic E-state index is 0.180. The highest BCUT2D eigenvalue weighted by Gasteiger charge is 2.32. The van der Waals surface area contributed by atoms with Crippen LogP contribution in [0.2, 0.25) is 0 Å². The summed E-state index contributed by atoms with van der Waals surface area (Å²) in [5.41, 5.74) is 0.708. The number of anilines is 1. The van der Waals surface area contributed by atoms with Crippen LogP contribution in [0.15, 0.2) is 30.3 Å². The van der Waals surface area contributed by atoms with Crippen molar-refractivity contribution in [1.29, 1.82) is 0 Å². The number of nitrogens with zero attached hydrogens (tertiary/aromatic N) is 2. The minimum Gasteiger partial charge on any atom is -0.466 e. The second-order valence-electron chi connectivity index (χ2n) is 5.70. The van der Waals surface area contributed by atoms with E-state index in [0.29, 0.717) is 44.8 Å². The van der Waals surface area contributed by atoms with Crippen molar-refractivity contribution in [3.63, 3.8) is 0 Å². The van der Waals surface area contributed by atoms with Gasteiger partial charge in [-0.3, -0.25) is 14.4 Å². The summed E-state index contributed by atoms with van der Waals surface area (Å²) in [6, 6.07) is 9.15. The number of carbonyl (C=O) groups excluding carboxylic acids is 3. The van der Waals surface area contributed by atoms with E-state index in [4.69, 9.17) is 4.74 Å². The van der Waals surface area contributed by atoms with Gasteiger partial charge in [-0.15, -0.1) is 0 Å². The molecule has 0 aliphatic carbocycles. The quantitative estimate of drug-likeness (QED) is 0.623. The number of hydrogen-bond acceptors (Lipinski definition) is 4. The van der Waals surface area contributed by atoms with Crippen molar-refractivity contribution >= 4 is 23.5 Å². The van der Waals surface area contributed by atoms with E-state index in [1.165, 1.54) is 9.80 Å². The van der Waals surface area contributed by atoms with E-state index in [0.717, 1.165) is 0 Å². The Morgan fingerprint density at radius 2 is 1.75 bits per heavy atom. The van der Waals surface area contributed by atoms with Crippen molar-refractivity contribution in [1.82, 2.24) is 4.90 Å². The number of esters is 1. The van der Waals surface area contributed by atoms with Crippen LogP contribution in [-0.4, -0.2) is 48.9 Å². The van der Waals surface area contributed by atoms with Gasteiger partial charge in [0, 0.05) is 25.3 Å². The lowest BCUT2D eigenvalue weighted by Crippen LogP contribution is -2.48. The van der Waals surface area contributed by atoms with E-state index >= 15 is 0 Å². The Labute approximate surface area is 142 Å². The van der Waals surface area contributed by atoms with Crippen molar-refractivity contribution in [3.05, 3.63) is 30.3 Å². The summed E-state index contributed by atoms with van der Waals surface area (Å²) in [5, 5.41) is 0. The third-order valence-corrected chi connectivity index (χ3v) is 4.21. The van der Waals surface area contributed by atoms with E-state index in [9.17, 15) is 14.4 Å². The van der Waals surface area contributed by atoms with Gasteiger partial charge in [0.15, 0.2) is 0 Å². The standard InChI is InChI=1S/C18H24N2O4/c1-3-20(15-8-6-5-7-9-15)17(22)16(21)19-12-10-14(11-13-19)18(23)24-4-2/h5-9,14H,3-4,10-13H2,1-2H3. The highest BCUT2D eigenvalue weighted by Crippen LogP contribution is 2.20. The first-order chi connectivity index (χ1) is 11.6. The Kier molecular flexibility index (Phi) is 6.35. The van der Waals surface area contributed by atoms with Crippen LogP contribution >= 0.6 is 0 Å². The lowest BCUT2D eigenvalue weighted by Gasteiger charge is -2.32. The molecule has 1 aliphatic heterocycles. The zero-order valence-electron chi connectivity index (χ0n) is 14.2. The predicted molar refractivity (Wildman–Crippen MR) is 90.4 cm³/mol. The highest BCUT2D eigenvalue weighted by atomic mass is 16.5.